The molecule has 1 saturated carbocycles. The van der Waals surface area contributed by atoms with Crippen LogP contribution in [0.15, 0.2) is 23.1 Å². The molecule has 4 atom stereocenters. The Morgan fingerprint density at radius 1 is 1.20 bits per heavy atom. The van der Waals surface area contributed by atoms with Gasteiger partial charge in [0.25, 0.3) is 0 Å². The second kappa shape index (κ2) is 6.29. The van der Waals surface area contributed by atoms with Crippen LogP contribution in [0.3, 0.4) is 0 Å². The van der Waals surface area contributed by atoms with E-state index in [9.17, 15) is 0 Å². The van der Waals surface area contributed by atoms with Gasteiger partial charge < -0.3 is 5.32 Å². The lowest BCUT2D eigenvalue weighted by Crippen LogP contribution is -2.41. The van der Waals surface area contributed by atoms with Gasteiger partial charge in [0.05, 0.1) is 0 Å². The Bertz CT molecular complexity index is 476. The zero-order valence-electron chi connectivity index (χ0n) is 12.4. The summed E-state index contributed by atoms with van der Waals surface area (Å²) in [6, 6.07) is 7.53. The second-order valence-corrected chi connectivity index (χ2v) is 8.11. The first-order valence-electron chi connectivity index (χ1n) is 7.82. The third-order valence-corrected chi connectivity index (χ3v) is 6.22. The molecule has 0 bridgehead atoms. The van der Waals surface area contributed by atoms with Crippen LogP contribution in [-0.4, -0.2) is 11.8 Å². The summed E-state index contributed by atoms with van der Waals surface area (Å²) >= 11 is 8.16. The van der Waals surface area contributed by atoms with Crippen LogP contribution in [0.5, 0.6) is 0 Å². The molecule has 4 unspecified atom stereocenters. The lowest BCUT2D eigenvalue weighted by molar-refractivity contribution is 0.211. The number of benzene rings is 1. The average Bonchev–Trinajstić information content (AvgIpc) is 2.42. The van der Waals surface area contributed by atoms with Crippen molar-refractivity contribution in [2.24, 2.45) is 11.8 Å². The SMILES string of the molecule is CC1CCC(NC2CCSc3ccc(Cl)cc32)C(C)C1. The minimum atomic E-state index is 0.491. The zero-order valence-corrected chi connectivity index (χ0v) is 13.9. The molecule has 1 aliphatic heterocycles. The number of hydrogen-bond acceptors (Lipinski definition) is 2. The van der Waals surface area contributed by atoms with E-state index in [4.69, 9.17) is 11.6 Å². The summed E-state index contributed by atoms with van der Waals surface area (Å²) in [5.41, 5.74) is 1.42. The molecule has 3 heteroatoms. The Morgan fingerprint density at radius 3 is 2.85 bits per heavy atom. The molecule has 0 aromatic heterocycles. The van der Waals surface area contributed by atoms with Gasteiger partial charge in [-0.15, -0.1) is 11.8 Å². The molecule has 0 saturated heterocycles. The van der Waals surface area contributed by atoms with Crippen LogP contribution < -0.4 is 5.32 Å². The molecular formula is C17H24ClNS. The summed E-state index contributed by atoms with van der Waals surface area (Å²) in [6.45, 7) is 4.79. The standard InChI is InChI=1S/C17H24ClNS/c1-11-3-5-15(12(2)9-11)19-16-7-8-20-17-6-4-13(18)10-14(16)17/h4,6,10-12,15-16,19H,3,5,7-9H2,1-2H3. The number of fused-ring (bicyclic) bond motifs is 1. The number of halogens is 1. The molecule has 110 valence electrons. The van der Waals surface area contributed by atoms with E-state index in [-0.39, 0.29) is 0 Å². The first-order valence-corrected chi connectivity index (χ1v) is 9.18. The highest BCUT2D eigenvalue weighted by Crippen LogP contribution is 2.39. The molecule has 1 aromatic carbocycles. The van der Waals surface area contributed by atoms with Crippen LogP contribution in [0.2, 0.25) is 5.02 Å². The van der Waals surface area contributed by atoms with Gasteiger partial charge in [0.15, 0.2) is 0 Å². The van der Waals surface area contributed by atoms with Gasteiger partial charge in [-0.25, -0.2) is 0 Å². The fourth-order valence-electron chi connectivity index (χ4n) is 3.71. The maximum absolute atomic E-state index is 6.20. The molecule has 1 heterocycles. The summed E-state index contributed by atoms with van der Waals surface area (Å²) in [5, 5.41) is 4.80. The van der Waals surface area contributed by atoms with Crippen molar-refractivity contribution in [3.05, 3.63) is 28.8 Å². The van der Waals surface area contributed by atoms with E-state index in [0.717, 1.165) is 16.9 Å². The van der Waals surface area contributed by atoms with Crippen LogP contribution in [0.1, 0.15) is 51.1 Å². The third kappa shape index (κ3) is 3.18. The van der Waals surface area contributed by atoms with E-state index < -0.39 is 0 Å². The van der Waals surface area contributed by atoms with E-state index in [2.05, 4.69) is 31.3 Å². The molecule has 1 nitrogen and oxygen atoms in total. The maximum Gasteiger partial charge on any atom is 0.0410 e. The lowest BCUT2D eigenvalue weighted by atomic mass is 9.79. The van der Waals surface area contributed by atoms with E-state index in [1.807, 2.05) is 17.8 Å². The van der Waals surface area contributed by atoms with Crippen LogP contribution in [-0.2, 0) is 0 Å². The summed E-state index contributed by atoms with van der Waals surface area (Å²) in [6.07, 6.45) is 5.27. The van der Waals surface area contributed by atoms with Gasteiger partial charge in [0.1, 0.15) is 0 Å². The molecule has 1 fully saturated rings. The third-order valence-electron chi connectivity index (χ3n) is 4.86. The summed E-state index contributed by atoms with van der Waals surface area (Å²) in [7, 11) is 0. The number of rotatable bonds is 2. The van der Waals surface area contributed by atoms with Gasteiger partial charge in [0, 0.05) is 22.0 Å². The molecule has 2 aliphatic rings. The van der Waals surface area contributed by atoms with Gasteiger partial charge in [-0.2, -0.15) is 0 Å². The Hall–Kier alpha value is -0.180. The van der Waals surface area contributed by atoms with Crippen LogP contribution in [0.4, 0.5) is 0 Å². The van der Waals surface area contributed by atoms with Crippen LogP contribution in [0, 0.1) is 11.8 Å². The van der Waals surface area contributed by atoms with Crippen LogP contribution in [0.25, 0.3) is 0 Å². The van der Waals surface area contributed by atoms with E-state index in [0.29, 0.717) is 12.1 Å². The Kier molecular flexibility index (Phi) is 4.64. The van der Waals surface area contributed by atoms with E-state index in [1.54, 1.807) is 0 Å². The number of hydrogen-bond donors (Lipinski definition) is 1. The van der Waals surface area contributed by atoms with Gasteiger partial charge >= 0.3 is 0 Å². The summed E-state index contributed by atoms with van der Waals surface area (Å²) in [4.78, 5) is 1.41. The summed E-state index contributed by atoms with van der Waals surface area (Å²) < 4.78 is 0. The minimum absolute atomic E-state index is 0.491. The molecule has 3 rings (SSSR count). The van der Waals surface area contributed by atoms with Gasteiger partial charge in [-0.1, -0.05) is 25.4 Å². The maximum atomic E-state index is 6.20. The predicted molar refractivity (Wildman–Crippen MR) is 88.6 cm³/mol. The van der Waals surface area contributed by atoms with Crippen molar-refractivity contribution in [3.63, 3.8) is 0 Å². The van der Waals surface area contributed by atoms with E-state index in [1.165, 1.54) is 41.9 Å². The van der Waals surface area contributed by atoms with E-state index >= 15 is 0 Å². The molecule has 20 heavy (non-hydrogen) atoms. The monoisotopic (exact) mass is 309 g/mol. The largest absolute Gasteiger partial charge is 0.307 e. The molecule has 1 aliphatic carbocycles. The number of thioether (sulfide) groups is 1. The first-order chi connectivity index (χ1) is 9.63. The van der Waals surface area contributed by atoms with Crippen molar-refractivity contribution >= 4 is 23.4 Å². The van der Waals surface area contributed by atoms with Crippen molar-refractivity contribution in [1.29, 1.82) is 0 Å². The smallest absolute Gasteiger partial charge is 0.0410 e. The normalized spacial score (nSPS) is 33.8. The molecule has 1 N–H and O–H groups in total. The topological polar surface area (TPSA) is 12.0 Å². The minimum Gasteiger partial charge on any atom is -0.307 e. The van der Waals surface area contributed by atoms with Crippen LogP contribution >= 0.6 is 23.4 Å². The first kappa shape index (κ1) is 14.7. The van der Waals surface area contributed by atoms with Gasteiger partial charge in [0.2, 0.25) is 0 Å². The fourth-order valence-corrected chi connectivity index (χ4v) is 5.00. The van der Waals surface area contributed by atoms with Crippen molar-refractivity contribution in [2.45, 2.75) is 56.5 Å². The highest BCUT2D eigenvalue weighted by Gasteiger charge is 2.29. The highest BCUT2D eigenvalue weighted by atomic mass is 35.5. The van der Waals surface area contributed by atoms with Gasteiger partial charge in [-0.3, -0.25) is 0 Å². The quantitative estimate of drug-likeness (QED) is 0.796. The van der Waals surface area contributed by atoms with Crippen molar-refractivity contribution in [2.75, 3.05) is 5.75 Å². The molecule has 0 amide bonds. The number of nitrogens with one attached hydrogen (secondary N) is 1. The Labute approximate surface area is 131 Å². The second-order valence-electron chi connectivity index (χ2n) is 6.54. The predicted octanol–water partition coefficient (Wildman–Crippen LogP) is 5.29. The van der Waals surface area contributed by atoms with Crippen molar-refractivity contribution < 1.29 is 0 Å². The highest BCUT2D eigenvalue weighted by molar-refractivity contribution is 7.99. The molecule has 1 aromatic rings. The average molecular weight is 310 g/mol. The van der Waals surface area contributed by atoms with Crippen molar-refractivity contribution in [1.82, 2.24) is 5.32 Å². The molecule has 0 spiro atoms. The molecule has 0 radical (unpaired) electrons. The fraction of sp³-hybridized carbons (Fsp3) is 0.647. The summed E-state index contributed by atoms with van der Waals surface area (Å²) in [5.74, 6) is 2.90. The zero-order chi connectivity index (χ0) is 14.1. The van der Waals surface area contributed by atoms with Crippen molar-refractivity contribution in [3.8, 4) is 0 Å². The molecular weight excluding hydrogens is 286 g/mol. The Balaban J connectivity index is 1.74. The van der Waals surface area contributed by atoms with Gasteiger partial charge in [-0.05, 0) is 67.0 Å². The lowest BCUT2D eigenvalue weighted by Gasteiger charge is -2.37. The Morgan fingerprint density at radius 2 is 2.05 bits per heavy atom.